The van der Waals surface area contributed by atoms with Gasteiger partial charge < -0.3 is 9.84 Å². The summed E-state index contributed by atoms with van der Waals surface area (Å²) >= 11 is 0. The lowest BCUT2D eigenvalue weighted by Crippen LogP contribution is -2.06. The molecular weight excluding hydrogens is 352 g/mol. The first-order valence-electron chi connectivity index (χ1n) is 7.50. The van der Waals surface area contributed by atoms with Gasteiger partial charge in [0.2, 0.25) is 0 Å². The van der Waals surface area contributed by atoms with Crippen LogP contribution in [0.1, 0.15) is 21.5 Å². The number of aromatic carboxylic acids is 1. The zero-order chi connectivity index (χ0) is 18.9. The summed E-state index contributed by atoms with van der Waals surface area (Å²) in [5.41, 5.74) is -0.530. The van der Waals surface area contributed by atoms with Crippen LogP contribution in [0.4, 0.5) is 17.6 Å². The zero-order valence-corrected chi connectivity index (χ0v) is 13.2. The predicted octanol–water partition coefficient (Wildman–Crippen LogP) is 5.27. The number of carboxylic acids is 1. The molecule has 0 aliphatic rings. The van der Waals surface area contributed by atoms with Crippen molar-refractivity contribution in [2.45, 2.75) is 12.8 Å². The molecule has 0 spiro atoms. The Labute approximate surface area is 145 Å². The first-order chi connectivity index (χ1) is 12.3. The number of halogens is 4. The van der Waals surface area contributed by atoms with E-state index in [4.69, 9.17) is 4.74 Å². The average Bonchev–Trinajstić information content (AvgIpc) is 2.59. The first kappa shape index (κ1) is 17.7. The van der Waals surface area contributed by atoms with Crippen molar-refractivity contribution in [3.05, 3.63) is 77.1 Å². The molecule has 0 saturated carbocycles. The molecule has 3 aromatic carbocycles. The molecule has 3 nitrogen and oxygen atoms in total. The van der Waals surface area contributed by atoms with Gasteiger partial charge in [-0.2, -0.15) is 13.2 Å². The third kappa shape index (κ3) is 3.61. The van der Waals surface area contributed by atoms with E-state index in [9.17, 15) is 27.5 Å². The minimum absolute atomic E-state index is 0.0330. The van der Waals surface area contributed by atoms with Crippen molar-refractivity contribution in [3.63, 3.8) is 0 Å². The maximum Gasteiger partial charge on any atom is 0.416 e. The predicted molar refractivity (Wildman–Crippen MR) is 86.6 cm³/mol. The molecule has 0 radical (unpaired) electrons. The highest BCUT2D eigenvalue weighted by Crippen LogP contribution is 2.32. The van der Waals surface area contributed by atoms with Gasteiger partial charge in [-0.05, 0) is 41.3 Å². The SMILES string of the molecule is O=C(O)c1ccc2ccc(F)cc2c1OCc1ccc(C(F)(F)F)cc1. The van der Waals surface area contributed by atoms with Gasteiger partial charge in [0.05, 0.1) is 5.56 Å². The second-order valence-corrected chi connectivity index (χ2v) is 5.60. The highest BCUT2D eigenvalue weighted by molar-refractivity contribution is 6.00. The standard InChI is InChI=1S/C19H12F4O3/c20-14-7-3-12-4-8-15(18(24)25)17(16(12)9-14)26-10-11-1-5-13(6-2-11)19(21,22)23/h1-9H,10H2,(H,24,25). The third-order valence-electron chi connectivity index (χ3n) is 3.83. The molecule has 0 aliphatic carbocycles. The van der Waals surface area contributed by atoms with Crippen molar-refractivity contribution in [1.29, 1.82) is 0 Å². The van der Waals surface area contributed by atoms with Gasteiger partial charge in [0, 0.05) is 5.39 Å². The Bertz CT molecular complexity index is 963. The van der Waals surface area contributed by atoms with E-state index >= 15 is 0 Å². The van der Waals surface area contributed by atoms with Crippen LogP contribution in [-0.2, 0) is 12.8 Å². The molecule has 7 heteroatoms. The molecule has 0 aliphatic heterocycles. The van der Waals surface area contributed by atoms with Gasteiger partial charge in [-0.1, -0.05) is 24.3 Å². The van der Waals surface area contributed by atoms with Crippen molar-refractivity contribution >= 4 is 16.7 Å². The number of hydrogen-bond donors (Lipinski definition) is 1. The number of fused-ring (bicyclic) bond motifs is 1. The van der Waals surface area contributed by atoms with Crippen LogP contribution in [0, 0.1) is 5.82 Å². The molecule has 26 heavy (non-hydrogen) atoms. The number of rotatable bonds is 4. The molecule has 0 saturated heterocycles. The largest absolute Gasteiger partial charge is 0.487 e. The Balaban J connectivity index is 1.93. The van der Waals surface area contributed by atoms with Crippen LogP contribution in [0.15, 0.2) is 54.6 Å². The van der Waals surface area contributed by atoms with E-state index in [1.54, 1.807) is 0 Å². The minimum atomic E-state index is -4.44. The Morgan fingerprint density at radius 2 is 1.65 bits per heavy atom. The minimum Gasteiger partial charge on any atom is -0.487 e. The van der Waals surface area contributed by atoms with Crippen molar-refractivity contribution in [1.82, 2.24) is 0 Å². The fraction of sp³-hybridized carbons (Fsp3) is 0.105. The van der Waals surface area contributed by atoms with Gasteiger partial charge in [0.25, 0.3) is 0 Å². The highest BCUT2D eigenvalue weighted by Gasteiger charge is 2.29. The lowest BCUT2D eigenvalue weighted by atomic mass is 10.0. The summed E-state index contributed by atoms with van der Waals surface area (Å²) in [6, 6.07) is 11.1. The van der Waals surface area contributed by atoms with Gasteiger partial charge in [-0.15, -0.1) is 0 Å². The Kier molecular flexibility index (Phi) is 4.54. The van der Waals surface area contributed by atoms with Gasteiger partial charge >= 0.3 is 12.1 Å². The van der Waals surface area contributed by atoms with Crippen molar-refractivity contribution < 1.29 is 32.2 Å². The monoisotopic (exact) mass is 364 g/mol. The van der Waals surface area contributed by atoms with Gasteiger partial charge in [-0.25, -0.2) is 9.18 Å². The smallest absolute Gasteiger partial charge is 0.416 e. The van der Waals surface area contributed by atoms with Gasteiger partial charge in [0.15, 0.2) is 0 Å². The van der Waals surface area contributed by atoms with E-state index < -0.39 is 23.5 Å². The van der Waals surface area contributed by atoms with Crippen LogP contribution in [0.3, 0.4) is 0 Å². The van der Waals surface area contributed by atoms with E-state index in [-0.39, 0.29) is 23.3 Å². The summed E-state index contributed by atoms with van der Waals surface area (Å²) < 4.78 is 56.9. The molecule has 1 N–H and O–H groups in total. The van der Waals surface area contributed by atoms with Crippen LogP contribution in [0.5, 0.6) is 5.75 Å². The second kappa shape index (κ2) is 6.67. The van der Waals surface area contributed by atoms with Crippen LogP contribution >= 0.6 is 0 Å². The van der Waals surface area contributed by atoms with Crippen LogP contribution in [-0.4, -0.2) is 11.1 Å². The van der Waals surface area contributed by atoms with Crippen LogP contribution < -0.4 is 4.74 Å². The summed E-state index contributed by atoms with van der Waals surface area (Å²) in [7, 11) is 0. The van der Waals surface area contributed by atoms with E-state index in [0.717, 1.165) is 18.2 Å². The van der Waals surface area contributed by atoms with E-state index in [1.165, 1.54) is 36.4 Å². The number of carbonyl (C=O) groups is 1. The van der Waals surface area contributed by atoms with E-state index in [0.29, 0.717) is 10.9 Å². The normalized spacial score (nSPS) is 11.5. The van der Waals surface area contributed by atoms with E-state index in [2.05, 4.69) is 0 Å². The topological polar surface area (TPSA) is 46.5 Å². The number of ether oxygens (including phenoxy) is 1. The molecule has 0 atom stereocenters. The molecule has 0 bridgehead atoms. The summed E-state index contributed by atoms with van der Waals surface area (Å²) in [6.07, 6.45) is -4.44. The maximum atomic E-state index is 13.6. The Morgan fingerprint density at radius 1 is 1.00 bits per heavy atom. The zero-order valence-electron chi connectivity index (χ0n) is 13.2. The molecule has 0 unspecified atom stereocenters. The lowest BCUT2D eigenvalue weighted by molar-refractivity contribution is -0.137. The quantitative estimate of drug-likeness (QED) is 0.641. The Hall–Kier alpha value is -3.09. The fourth-order valence-corrected chi connectivity index (χ4v) is 2.53. The molecule has 0 heterocycles. The van der Waals surface area contributed by atoms with Crippen molar-refractivity contribution in [3.8, 4) is 5.75 Å². The number of alkyl halides is 3. The summed E-state index contributed by atoms with van der Waals surface area (Å²) in [4.78, 5) is 11.4. The highest BCUT2D eigenvalue weighted by atomic mass is 19.4. The molecule has 0 aromatic heterocycles. The van der Waals surface area contributed by atoms with Crippen molar-refractivity contribution in [2.75, 3.05) is 0 Å². The first-order valence-corrected chi connectivity index (χ1v) is 7.50. The lowest BCUT2D eigenvalue weighted by Gasteiger charge is -2.13. The van der Waals surface area contributed by atoms with Crippen LogP contribution in [0.25, 0.3) is 10.8 Å². The fourth-order valence-electron chi connectivity index (χ4n) is 2.53. The van der Waals surface area contributed by atoms with Crippen molar-refractivity contribution in [2.24, 2.45) is 0 Å². The maximum absolute atomic E-state index is 13.6. The third-order valence-corrected chi connectivity index (χ3v) is 3.83. The second-order valence-electron chi connectivity index (χ2n) is 5.60. The summed E-state index contributed by atoms with van der Waals surface area (Å²) in [5.74, 6) is -1.84. The number of benzene rings is 3. The Morgan fingerprint density at radius 3 is 2.27 bits per heavy atom. The van der Waals surface area contributed by atoms with Gasteiger partial charge in [-0.3, -0.25) is 0 Å². The number of carboxylic acid groups (broad SMARTS) is 1. The molecule has 0 amide bonds. The van der Waals surface area contributed by atoms with Gasteiger partial charge in [0.1, 0.15) is 23.7 Å². The molecule has 3 rings (SSSR count). The summed E-state index contributed by atoms with van der Waals surface area (Å²) in [6.45, 7) is -0.159. The molecule has 0 fully saturated rings. The summed E-state index contributed by atoms with van der Waals surface area (Å²) in [5, 5.41) is 10.2. The molecule has 134 valence electrons. The van der Waals surface area contributed by atoms with E-state index in [1.807, 2.05) is 0 Å². The van der Waals surface area contributed by atoms with Crippen LogP contribution in [0.2, 0.25) is 0 Å². The number of hydrogen-bond acceptors (Lipinski definition) is 2. The molecule has 3 aromatic rings. The average molecular weight is 364 g/mol. The molecular formula is C19H12F4O3.